The van der Waals surface area contributed by atoms with Gasteiger partial charge in [-0.05, 0) is 33.1 Å². The molecule has 0 heterocycles. The van der Waals surface area contributed by atoms with E-state index in [2.05, 4.69) is 27.7 Å². The number of nitrogens with zero attached hydrogens (tertiary/aromatic N) is 1. The Morgan fingerprint density at radius 3 is 1.32 bits per heavy atom. The fourth-order valence-electron chi connectivity index (χ4n) is 2.33. The van der Waals surface area contributed by atoms with Crippen molar-refractivity contribution in [3.05, 3.63) is 0 Å². The zero-order valence-electron chi connectivity index (χ0n) is 16.2. The number of halogens is 6. The Morgan fingerprint density at radius 1 is 0.679 bits per heavy atom. The molecular weight excluding hydrogens is 456 g/mol. The van der Waals surface area contributed by atoms with Crippen molar-refractivity contribution in [1.29, 1.82) is 0 Å². The SMILES string of the molecule is CCCCC[N+](CC)(CC)CCC.O=S(=O)(SS(=O)(=O)C(F)(F)F)C(F)(F)F. The van der Waals surface area contributed by atoms with Crippen molar-refractivity contribution in [3.8, 4) is 0 Å². The summed E-state index contributed by atoms with van der Waals surface area (Å²) in [6.45, 7) is 14.7. The van der Waals surface area contributed by atoms with Gasteiger partial charge in [-0.1, -0.05) is 20.3 Å². The van der Waals surface area contributed by atoms with Gasteiger partial charge < -0.3 is 4.48 Å². The molecule has 5 nitrogen and oxygen atoms in total. The van der Waals surface area contributed by atoms with Crippen molar-refractivity contribution in [3.63, 3.8) is 0 Å². The van der Waals surface area contributed by atoms with Crippen molar-refractivity contribution in [1.82, 2.24) is 0 Å². The second-order valence-corrected chi connectivity index (χ2v) is 13.1. The number of quaternary nitrogens is 1. The average Bonchev–Trinajstić information content (AvgIpc) is 2.52. The molecule has 0 spiro atoms. The summed E-state index contributed by atoms with van der Waals surface area (Å²) >= 11 is 0. The standard InChI is InChI=1S/C12H28N.C2F6O4S3/c1-5-9-10-12-13(7-3,8-4)11-6-2;3-1(4,5)14(9,10)13-15(11,12)2(6,7)8/h5-12H2,1-4H3;/q+1;. The molecule has 0 N–H and O–H groups in total. The number of alkyl halides is 6. The van der Waals surface area contributed by atoms with Gasteiger partial charge in [-0.2, -0.15) is 26.3 Å². The zero-order valence-corrected chi connectivity index (χ0v) is 18.7. The van der Waals surface area contributed by atoms with E-state index in [9.17, 15) is 43.2 Å². The van der Waals surface area contributed by atoms with E-state index in [-0.39, 0.29) is 0 Å². The van der Waals surface area contributed by atoms with Crippen LogP contribution in [0.15, 0.2) is 0 Å². The highest BCUT2D eigenvalue weighted by atomic mass is 33.5. The van der Waals surface area contributed by atoms with Crippen LogP contribution in [0.2, 0.25) is 0 Å². The first-order chi connectivity index (χ1) is 12.4. The van der Waals surface area contributed by atoms with Gasteiger partial charge in [0.1, 0.15) is 9.83 Å². The van der Waals surface area contributed by atoms with E-state index < -0.39 is 38.6 Å². The maximum absolute atomic E-state index is 11.5. The molecule has 28 heavy (non-hydrogen) atoms. The van der Waals surface area contributed by atoms with Gasteiger partial charge in [-0.15, -0.1) is 0 Å². The summed E-state index contributed by atoms with van der Waals surface area (Å²) in [5.74, 6) is 0. The molecule has 0 saturated carbocycles. The highest BCUT2D eigenvalue weighted by Gasteiger charge is 2.57. The zero-order chi connectivity index (χ0) is 22.9. The Hall–Kier alpha value is -0.210. The molecule has 0 atom stereocenters. The monoisotopic (exact) mass is 484 g/mol. The molecule has 0 aromatic heterocycles. The number of rotatable bonds is 10. The minimum absolute atomic E-state index is 1.31. The molecule has 0 radical (unpaired) electrons. The van der Waals surface area contributed by atoms with E-state index in [0.29, 0.717) is 0 Å². The van der Waals surface area contributed by atoms with Crippen molar-refractivity contribution < 1.29 is 47.7 Å². The van der Waals surface area contributed by atoms with Crippen LogP contribution in [0.4, 0.5) is 26.3 Å². The van der Waals surface area contributed by atoms with Crippen molar-refractivity contribution >= 4 is 27.6 Å². The molecule has 14 heteroatoms. The van der Waals surface area contributed by atoms with E-state index in [1.54, 1.807) is 0 Å². The fourth-order valence-corrected chi connectivity index (χ4v) is 7.41. The highest BCUT2D eigenvalue weighted by Crippen LogP contribution is 2.42. The molecule has 0 unspecified atom stereocenters. The minimum Gasteiger partial charge on any atom is -0.324 e. The third-order valence-corrected chi connectivity index (χ3v) is 10.9. The normalized spacial score (nSPS) is 13.8. The lowest BCUT2D eigenvalue weighted by molar-refractivity contribution is -0.925. The third-order valence-electron chi connectivity index (χ3n) is 4.02. The second kappa shape index (κ2) is 11.8. The smallest absolute Gasteiger partial charge is 0.324 e. The maximum atomic E-state index is 11.5. The van der Waals surface area contributed by atoms with E-state index >= 15 is 0 Å². The molecule has 0 aliphatic carbocycles. The van der Waals surface area contributed by atoms with Gasteiger partial charge in [-0.25, -0.2) is 16.8 Å². The van der Waals surface area contributed by atoms with Crippen LogP contribution in [0.5, 0.6) is 0 Å². The highest BCUT2D eigenvalue weighted by molar-refractivity contribution is 9.04. The Labute approximate surface area is 166 Å². The summed E-state index contributed by atoms with van der Waals surface area (Å²) in [5.41, 5.74) is -12.1. The van der Waals surface area contributed by atoms with Gasteiger partial charge in [0, 0.05) is 0 Å². The van der Waals surface area contributed by atoms with Crippen molar-refractivity contribution in [2.45, 2.75) is 64.4 Å². The molecule has 0 amide bonds. The van der Waals surface area contributed by atoms with Crippen molar-refractivity contribution in [2.75, 3.05) is 26.2 Å². The van der Waals surface area contributed by atoms with Crippen LogP contribution in [0, 0.1) is 0 Å². The topological polar surface area (TPSA) is 68.3 Å². The van der Waals surface area contributed by atoms with Gasteiger partial charge in [0.2, 0.25) is 0 Å². The molecule has 0 bridgehead atoms. The van der Waals surface area contributed by atoms with Crippen LogP contribution in [-0.2, 0) is 17.7 Å². The number of hydrogen-bond acceptors (Lipinski definition) is 5. The Morgan fingerprint density at radius 2 is 1.07 bits per heavy atom. The predicted octanol–water partition coefficient (Wildman–Crippen LogP) is 4.86. The molecular formula is C14H28F6NO4S3+. The summed E-state index contributed by atoms with van der Waals surface area (Å²) in [5, 5.41) is 0. The maximum Gasteiger partial charge on any atom is 0.508 e. The van der Waals surface area contributed by atoms with Gasteiger partial charge >= 0.3 is 28.8 Å². The average molecular weight is 485 g/mol. The van der Waals surface area contributed by atoms with Crippen LogP contribution in [0.1, 0.15) is 53.4 Å². The lowest BCUT2D eigenvalue weighted by atomic mass is 10.2. The van der Waals surface area contributed by atoms with Crippen LogP contribution in [0.25, 0.3) is 0 Å². The minimum atomic E-state index is -6.43. The van der Waals surface area contributed by atoms with E-state index in [1.165, 1.54) is 56.3 Å². The molecule has 0 saturated heterocycles. The number of hydrogen-bond donors (Lipinski definition) is 0. The van der Waals surface area contributed by atoms with Gasteiger partial charge in [0.05, 0.1) is 26.2 Å². The largest absolute Gasteiger partial charge is 0.508 e. The molecule has 0 rings (SSSR count). The third kappa shape index (κ3) is 10.0. The second-order valence-electron chi connectivity index (χ2n) is 6.00. The Kier molecular flexibility index (Phi) is 12.7. The van der Waals surface area contributed by atoms with Gasteiger partial charge in [0.25, 0.3) is 0 Å². The lowest BCUT2D eigenvalue weighted by Crippen LogP contribution is -2.48. The Balaban J connectivity index is 0. The molecule has 0 fully saturated rings. The molecule has 172 valence electrons. The summed E-state index contributed by atoms with van der Waals surface area (Å²) in [6, 6.07) is 0. The van der Waals surface area contributed by atoms with Crippen LogP contribution in [0.3, 0.4) is 0 Å². The summed E-state index contributed by atoms with van der Waals surface area (Å²) < 4.78 is 111. The van der Waals surface area contributed by atoms with E-state index in [0.717, 1.165) is 0 Å². The van der Waals surface area contributed by atoms with E-state index in [4.69, 9.17) is 0 Å². The van der Waals surface area contributed by atoms with Crippen LogP contribution >= 0.6 is 9.83 Å². The molecule has 0 aliphatic rings. The fraction of sp³-hybridized carbons (Fsp3) is 1.00. The van der Waals surface area contributed by atoms with E-state index in [1.807, 2.05) is 0 Å². The van der Waals surface area contributed by atoms with Crippen LogP contribution < -0.4 is 0 Å². The summed E-state index contributed by atoms with van der Waals surface area (Å²) in [6.07, 6.45) is 5.50. The molecule has 0 aliphatic heterocycles. The predicted molar refractivity (Wildman–Crippen MR) is 98.4 cm³/mol. The first-order valence-electron chi connectivity index (χ1n) is 8.64. The summed E-state index contributed by atoms with van der Waals surface area (Å²) in [7, 11) is -15.0. The van der Waals surface area contributed by atoms with Gasteiger partial charge in [0.15, 0.2) is 0 Å². The first kappa shape index (κ1) is 30.0. The van der Waals surface area contributed by atoms with Gasteiger partial charge in [-0.3, -0.25) is 0 Å². The van der Waals surface area contributed by atoms with Crippen LogP contribution in [-0.4, -0.2) is 58.5 Å². The first-order valence-corrected chi connectivity index (χ1v) is 13.5. The van der Waals surface area contributed by atoms with Crippen molar-refractivity contribution in [2.24, 2.45) is 0 Å². The quantitative estimate of drug-likeness (QED) is 0.192. The molecule has 0 aromatic rings. The summed E-state index contributed by atoms with van der Waals surface area (Å²) in [4.78, 5) is 0. The molecule has 0 aromatic carbocycles. The Bertz CT molecular complexity index is 599. The lowest BCUT2D eigenvalue weighted by Gasteiger charge is -2.36. The number of unbranched alkanes of at least 4 members (excludes halogenated alkanes) is 2.